The van der Waals surface area contributed by atoms with Crippen LogP contribution in [0.15, 0.2) is 12.4 Å². The van der Waals surface area contributed by atoms with Crippen LogP contribution >= 0.6 is 0 Å². The molecule has 0 radical (unpaired) electrons. The third-order valence-electron chi connectivity index (χ3n) is 2.92. The molecule has 0 aromatic carbocycles. The van der Waals surface area contributed by atoms with Crippen molar-refractivity contribution in [1.29, 1.82) is 0 Å². The normalized spacial score (nSPS) is 20.5. The van der Waals surface area contributed by atoms with E-state index >= 15 is 0 Å². The van der Waals surface area contributed by atoms with Crippen molar-refractivity contribution in [3.8, 4) is 5.75 Å². The SMILES string of the molecule is CC(C)Oc1cnc(CC2CCCNC2)nc1. The van der Waals surface area contributed by atoms with Gasteiger partial charge in [-0.2, -0.15) is 0 Å². The van der Waals surface area contributed by atoms with Crippen molar-refractivity contribution in [3.63, 3.8) is 0 Å². The molecular weight excluding hydrogens is 214 g/mol. The van der Waals surface area contributed by atoms with E-state index in [0.717, 1.165) is 31.1 Å². The lowest BCUT2D eigenvalue weighted by Crippen LogP contribution is -2.31. The molecule has 0 aliphatic carbocycles. The number of rotatable bonds is 4. The molecule has 1 aromatic rings. The van der Waals surface area contributed by atoms with Crippen LogP contribution in [0.2, 0.25) is 0 Å². The molecule has 1 aliphatic rings. The summed E-state index contributed by atoms with van der Waals surface area (Å²) < 4.78 is 5.52. The van der Waals surface area contributed by atoms with E-state index in [4.69, 9.17) is 4.74 Å². The summed E-state index contributed by atoms with van der Waals surface area (Å²) in [6, 6.07) is 0. The molecule has 4 heteroatoms. The van der Waals surface area contributed by atoms with E-state index in [2.05, 4.69) is 15.3 Å². The zero-order chi connectivity index (χ0) is 12.1. The van der Waals surface area contributed by atoms with Crippen LogP contribution < -0.4 is 10.1 Å². The first-order valence-electron chi connectivity index (χ1n) is 6.42. The van der Waals surface area contributed by atoms with E-state index in [1.54, 1.807) is 12.4 Å². The fourth-order valence-corrected chi connectivity index (χ4v) is 2.14. The second-order valence-corrected chi connectivity index (χ2v) is 4.92. The molecule has 1 saturated heterocycles. The van der Waals surface area contributed by atoms with E-state index < -0.39 is 0 Å². The predicted octanol–water partition coefficient (Wildman–Crippen LogP) is 1.81. The van der Waals surface area contributed by atoms with Crippen LogP contribution in [0.1, 0.15) is 32.5 Å². The van der Waals surface area contributed by atoms with Gasteiger partial charge in [0.2, 0.25) is 0 Å². The molecule has 0 amide bonds. The van der Waals surface area contributed by atoms with Gasteiger partial charge in [0.1, 0.15) is 5.82 Å². The minimum atomic E-state index is 0.173. The average Bonchev–Trinajstić information content (AvgIpc) is 2.32. The van der Waals surface area contributed by atoms with Gasteiger partial charge in [0, 0.05) is 6.42 Å². The van der Waals surface area contributed by atoms with Crippen molar-refractivity contribution in [2.24, 2.45) is 5.92 Å². The quantitative estimate of drug-likeness (QED) is 0.864. The topological polar surface area (TPSA) is 47.0 Å². The van der Waals surface area contributed by atoms with Crippen LogP contribution in [0.3, 0.4) is 0 Å². The van der Waals surface area contributed by atoms with Crippen LogP contribution in [0.5, 0.6) is 5.75 Å². The van der Waals surface area contributed by atoms with Gasteiger partial charge in [-0.1, -0.05) is 0 Å². The maximum Gasteiger partial charge on any atom is 0.156 e. The summed E-state index contributed by atoms with van der Waals surface area (Å²) in [5.74, 6) is 2.36. The molecular formula is C13H21N3O. The summed E-state index contributed by atoms with van der Waals surface area (Å²) in [5, 5.41) is 3.41. The van der Waals surface area contributed by atoms with Crippen molar-refractivity contribution in [1.82, 2.24) is 15.3 Å². The summed E-state index contributed by atoms with van der Waals surface area (Å²) in [6.07, 6.45) is 7.23. The molecule has 0 saturated carbocycles. The van der Waals surface area contributed by atoms with Gasteiger partial charge in [0.25, 0.3) is 0 Å². The Labute approximate surface area is 103 Å². The van der Waals surface area contributed by atoms with Gasteiger partial charge in [0.05, 0.1) is 18.5 Å². The average molecular weight is 235 g/mol. The fourth-order valence-electron chi connectivity index (χ4n) is 2.14. The predicted molar refractivity (Wildman–Crippen MR) is 67.1 cm³/mol. The van der Waals surface area contributed by atoms with Crippen molar-refractivity contribution >= 4 is 0 Å². The first-order chi connectivity index (χ1) is 8.24. The lowest BCUT2D eigenvalue weighted by Gasteiger charge is -2.21. The van der Waals surface area contributed by atoms with Gasteiger partial charge in [-0.3, -0.25) is 0 Å². The molecule has 17 heavy (non-hydrogen) atoms. The number of nitrogens with zero attached hydrogens (tertiary/aromatic N) is 2. The highest BCUT2D eigenvalue weighted by Crippen LogP contribution is 2.15. The van der Waals surface area contributed by atoms with E-state index in [0.29, 0.717) is 5.92 Å². The van der Waals surface area contributed by atoms with Crippen LogP contribution in [0, 0.1) is 5.92 Å². The summed E-state index contributed by atoms with van der Waals surface area (Å²) >= 11 is 0. The molecule has 2 heterocycles. The van der Waals surface area contributed by atoms with Crippen LogP contribution in [-0.4, -0.2) is 29.2 Å². The Hall–Kier alpha value is -1.16. The highest BCUT2D eigenvalue weighted by atomic mass is 16.5. The van der Waals surface area contributed by atoms with Gasteiger partial charge in [0.15, 0.2) is 5.75 Å². The lowest BCUT2D eigenvalue weighted by atomic mass is 9.96. The van der Waals surface area contributed by atoms with E-state index in [1.807, 2.05) is 13.8 Å². The Morgan fingerprint density at radius 1 is 1.41 bits per heavy atom. The number of aromatic nitrogens is 2. The van der Waals surface area contributed by atoms with Crippen molar-refractivity contribution < 1.29 is 4.74 Å². The molecule has 1 aromatic heterocycles. The third-order valence-corrected chi connectivity index (χ3v) is 2.92. The van der Waals surface area contributed by atoms with E-state index in [1.165, 1.54) is 12.8 Å². The number of piperidine rings is 1. The highest BCUT2D eigenvalue weighted by Gasteiger charge is 2.14. The molecule has 4 nitrogen and oxygen atoms in total. The number of hydrogen-bond donors (Lipinski definition) is 1. The van der Waals surface area contributed by atoms with Crippen molar-refractivity contribution in [2.45, 2.75) is 39.2 Å². The monoisotopic (exact) mass is 235 g/mol. The van der Waals surface area contributed by atoms with E-state index in [-0.39, 0.29) is 6.10 Å². The molecule has 1 N–H and O–H groups in total. The number of ether oxygens (including phenoxy) is 1. The van der Waals surface area contributed by atoms with Crippen LogP contribution in [0.25, 0.3) is 0 Å². The van der Waals surface area contributed by atoms with Gasteiger partial charge < -0.3 is 10.1 Å². The Bertz CT molecular complexity index is 331. The van der Waals surface area contributed by atoms with Crippen LogP contribution in [0.4, 0.5) is 0 Å². The highest BCUT2D eigenvalue weighted by molar-refractivity contribution is 5.12. The smallest absolute Gasteiger partial charge is 0.156 e. The molecule has 0 spiro atoms. The van der Waals surface area contributed by atoms with Crippen molar-refractivity contribution in [2.75, 3.05) is 13.1 Å². The summed E-state index contributed by atoms with van der Waals surface area (Å²) in [6.45, 7) is 6.25. The fraction of sp³-hybridized carbons (Fsp3) is 0.692. The first-order valence-corrected chi connectivity index (χ1v) is 6.42. The molecule has 1 unspecified atom stereocenters. The Kier molecular flexibility index (Phi) is 4.31. The minimum absolute atomic E-state index is 0.173. The number of hydrogen-bond acceptors (Lipinski definition) is 4. The Morgan fingerprint density at radius 3 is 2.76 bits per heavy atom. The summed E-state index contributed by atoms with van der Waals surface area (Å²) in [4.78, 5) is 8.72. The second-order valence-electron chi connectivity index (χ2n) is 4.92. The first kappa shape index (κ1) is 12.3. The zero-order valence-corrected chi connectivity index (χ0v) is 10.6. The molecule has 94 valence electrons. The summed E-state index contributed by atoms with van der Waals surface area (Å²) in [5.41, 5.74) is 0. The number of nitrogens with one attached hydrogen (secondary N) is 1. The van der Waals surface area contributed by atoms with Gasteiger partial charge in [-0.25, -0.2) is 9.97 Å². The zero-order valence-electron chi connectivity index (χ0n) is 10.6. The second kappa shape index (κ2) is 5.96. The lowest BCUT2D eigenvalue weighted by molar-refractivity contribution is 0.240. The van der Waals surface area contributed by atoms with Gasteiger partial charge in [-0.15, -0.1) is 0 Å². The standard InChI is InChI=1S/C13H21N3O/c1-10(2)17-12-8-15-13(16-9-12)6-11-4-3-5-14-7-11/h8-11,14H,3-7H2,1-2H3. The molecule has 1 aliphatic heterocycles. The van der Waals surface area contributed by atoms with Crippen molar-refractivity contribution in [3.05, 3.63) is 18.2 Å². The third kappa shape index (κ3) is 3.97. The van der Waals surface area contributed by atoms with Crippen LogP contribution in [-0.2, 0) is 6.42 Å². The van der Waals surface area contributed by atoms with E-state index in [9.17, 15) is 0 Å². The Balaban J connectivity index is 1.88. The molecule has 0 bridgehead atoms. The van der Waals surface area contributed by atoms with Gasteiger partial charge in [-0.05, 0) is 45.7 Å². The Morgan fingerprint density at radius 2 is 2.18 bits per heavy atom. The molecule has 2 rings (SSSR count). The van der Waals surface area contributed by atoms with Gasteiger partial charge >= 0.3 is 0 Å². The largest absolute Gasteiger partial charge is 0.488 e. The molecule has 1 atom stereocenters. The molecule has 1 fully saturated rings. The maximum atomic E-state index is 5.52. The summed E-state index contributed by atoms with van der Waals surface area (Å²) in [7, 11) is 0. The maximum absolute atomic E-state index is 5.52. The minimum Gasteiger partial charge on any atom is -0.488 e.